The standard InChI is InChI=1S/C23H19F2NO3/c1-2-26(20-11-9-19(25)10-12-20)22(27)15-29-21-13-5-17(6-14-21)23(28)16-3-7-18(24)8-4-16/h3-14H,2,15H2,1H3. The molecule has 148 valence electrons. The Hall–Kier alpha value is -3.54. The molecule has 3 rings (SSSR count). The first-order valence-corrected chi connectivity index (χ1v) is 9.07. The van der Waals surface area contributed by atoms with E-state index in [1.807, 2.05) is 6.92 Å². The first kappa shape index (κ1) is 20.2. The second-order valence-electron chi connectivity index (χ2n) is 6.26. The highest BCUT2D eigenvalue weighted by molar-refractivity contribution is 6.09. The summed E-state index contributed by atoms with van der Waals surface area (Å²) in [7, 11) is 0. The van der Waals surface area contributed by atoms with E-state index in [4.69, 9.17) is 4.74 Å². The summed E-state index contributed by atoms with van der Waals surface area (Å²) in [6.07, 6.45) is 0. The summed E-state index contributed by atoms with van der Waals surface area (Å²) in [5, 5.41) is 0. The lowest BCUT2D eigenvalue weighted by Crippen LogP contribution is -2.34. The van der Waals surface area contributed by atoms with E-state index in [0.29, 0.717) is 29.1 Å². The van der Waals surface area contributed by atoms with Crippen LogP contribution in [0.5, 0.6) is 5.75 Å². The number of nitrogens with zero attached hydrogens (tertiary/aromatic N) is 1. The third-order valence-electron chi connectivity index (χ3n) is 4.34. The maximum atomic E-state index is 13.1. The Morgan fingerprint density at radius 3 is 1.79 bits per heavy atom. The predicted molar refractivity (Wildman–Crippen MR) is 106 cm³/mol. The second kappa shape index (κ2) is 9.10. The van der Waals surface area contributed by atoms with Crippen molar-refractivity contribution in [2.24, 2.45) is 0 Å². The van der Waals surface area contributed by atoms with Crippen molar-refractivity contribution in [2.75, 3.05) is 18.1 Å². The van der Waals surface area contributed by atoms with Gasteiger partial charge in [-0.25, -0.2) is 8.78 Å². The minimum Gasteiger partial charge on any atom is -0.484 e. The van der Waals surface area contributed by atoms with Crippen LogP contribution in [0.3, 0.4) is 0 Å². The van der Waals surface area contributed by atoms with E-state index in [1.165, 1.54) is 53.4 Å². The Morgan fingerprint density at radius 2 is 1.28 bits per heavy atom. The number of anilines is 1. The van der Waals surface area contributed by atoms with Crippen LogP contribution in [-0.2, 0) is 4.79 Å². The molecule has 0 radical (unpaired) electrons. The molecular formula is C23H19F2NO3. The fraction of sp³-hybridized carbons (Fsp3) is 0.130. The molecule has 6 heteroatoms. The molecule has 0 aromatic heterocycles. The number of hydrogen-bond donors (Lipinski definition) is 0. The molecule has 0 heterocycles. The molecule has 0 saturated heterocycles. The minimum atomic E-state index is -0.406. The van der Waals surface area contributed by atoms with Crippen LogP contribution < -0.4 is 9.64 Å². The number of amides is 1. The Balaban J connectivity index is 1.62. The minimum absolute atomic E-state index is 0.198. The molecule has 0 bridgehead atoms. The van der Waals surface area contributed by atoms with Crippen molar-refractivity contribution >= 4 is 17.4 Å². The zero-order chi connectivity index (χ0) is 20.8. The molecular weight excluding hydrogens is 376 g/mol. The summed E-state index contributed by atoms with van der Waals surface area (Å²) in [4.78, 5) is 26.3. The highest BCUT2D eigenvalue weighted by atomic mass is 19.1. The second-order valence-corrected chi connectivity index (χ2v) is 6.26. The number of halogens is 2. The summed E-state index contributed by atoms with van der Waals surface area (Å²) >= 11 is 0. The third kappa shape index (κ3) is 5.04. The number of likely N-dealkylation sites (N-methyl/N-ethyl adjacent to an activating group) is 1. The predicted octanol–water partition coefficient (Wildman–Crippen LogP) is 4.63. The number of hydrogen-bond acceptors (Lipinski definition) is 3. The van der Waals surface area contributed by atoms with Gasteiger partial charge in [0.25, 0.3) is 5.91 Å². The van der Waals surface area contributed by atoms with Gasteiger partial charge in [0.2, 0.25) is 0 Å². The molecule has 3 aromatic carbocycles. The molecule has 0 atom stereocenters. The molecule has 3 aromatic rings. The summed E-state index contributed by atoms with van der Waals surface area (Å²) < 4.78 is 31.6. The van der Waals surface area contributed by atoms with E-state index in [9.17, 15) is 18.4 Å². The van der Waals surface area contributed by atoms with Gasteiger partial charge >= 0.3 is 0 Å². The largest absolute Gasteiger partial charge is 0.484 e. The maximum absolute atomic E-state index is 13.1. The van der Waals surface area contributed by atoms with Crippen LogP contribution in [0.15, 0.2) is 72.8 Å². The van der Waals surface area contributed by atoms with Crippen molar-refractivity contribution in [3.63, 3.8) is 0 Å². The molecule has 4 nitrogen and oxygen atoms in total. The quantitative estimate of drug-likeness (QED) is 0.548. The van der Waals surface area contributed by atoms with Gasteiger partial charge in [-0.1, -0.05) is 0 Å². The number of rotatable bonds is 7. The van der Waals surface area contributed by atoms with Gasteiger partial charge in [0, 0.05) is 23.4 Å². The van der Waals surface area contributed by atoms with E-state index < -0.39 is 5.82 Å². The van der Waals surface area contributed by atoms with E-state index in [2.05, 4.69) is 0 Å². The number of benzene rings is 3. The van der Waals surface area contributed by atoms with Gasteiger partial charge in [-0.2, -0.15) is 0 Å². The average molecular weight is 395 g/mol. The van der Waals surface area contributed by atoms with Gasteiger partial charge in [0.05, 0.1) is 0 Å². The summed E-state index contributed by atoms with van der Waals surface area (Å²) in [6, 6.07) is 17.3. The Labute approximate surface area is 167 Å². The van der Waals surface area contributed by atoms with Crippen LogP contribution in [0.2, 0.25) is 0 Å². The van der Waals surface area contributed by atoms with Crippen molar-refractivity contribution in [2.45, 2.75) is 6.92 Å². The van der Waals surface area contributed by atoms with Gasteiger partial charge in [-0.15, -0.1) is 0 Å². The summed E-state index contributed by atoms with van der Waals surface area (Å²) in [6.45, 7) is 2.03. The van der Waals surface area contributed by atoms with Crippen molar-refractivity contribution in [1.29, 1.82) is 0 Å². The first-order valence-electron chi connectivity index (χ1n) is 9.07. The van der Waals surface area contributed by atoms with Crippen molar-refractivity contribution < 1.29 is 23.1 Å². The summed E-state index contributed by atoms with van der Waals surface area (Å²) in [5.74, 6) is -0.851. The molecule has 0 aliphatic rings. The maximum Gasteiger partial charge on any atom is 0.264 e. The van der Waals surface area contributed by atoms with Crippen LogP contribution in [0, 0.1) is 11.6 Å². The van der Waals surface area contributed by atoms with Gasteiger partial charge in [-0.3, -0.25) is 9.59 Å². The smallest absolute Gasteiger partial charge is 0.264 e. The SMILES string of the molecule is CCN(C(=O)COc1ccc(C(=O)c2ccc(F)cc2)cc1)c1ccc(F)cc1. The molecule has 29 heavy (non-hydrogen) atoms. The fourth-order valence-corrected chi connectivity index (χ4v) is 2.82. The number of ether oxygens (including phenoxy) is 1. The highest BCUT2D eigenvalue weighted by Gasteiger charge is 2.15. The molecule has 0 aliphatic carbocycles. The molecule has 0 spiro atoms. The van der Waals surface area contributed by atoms with E-state index >= 15 is 0 Å². The third-order valence-corrected chi connectivity index (χ3v) is 4.34. The summed E-state index contributed by atoms with van der Waals surface area (Å²) in [5.41, 5.74) is 1.40. The van der Waals surface area contributed by atoms with Crippen LogP contribution in [0.1, 0.15) is 22.8 Å². The Kier molecular flexibility index (Phi) is 6.34. The molecule has 0 saturated carbocycles. The van der Waals surface area contributed by atoms with Crippen molar-refractivity contribution in [1.82, 2.24) is 0 Å². The van der Waals surface area contributed by atoms with E-state index in [1.54, 1.807) is 24.3 Å². The highest BCUT2D eigenvalue weighted by Crippen LogP contribution is 2.18. The number of ketones is 1. The molecule has 0 fully saturated rings. The topological polar surface area (TPSA) is 46.6 Å². The molecule has 0 aliphatic heterocycles. The normalized spacial score (nSPS) is 10.4. The number of carbonyl (C=O) groups excluding carboxylic acids is 2. The first-order chi connectivity index (χ1) is 14.0. The van der Waals surface area contributed by atoms with E-state index in [-0.39, 0.29) is 24.1 Å². The molecule has 0 unspecified atom stereocenters. The van der Waals surface area contributed by atoms with Crippen LogP contribution in [0.4, 0.5) is 14.5 Å². The lowest BCUT2D eigenvalue weighted by atomic mass is 10.0. The fourth-order valence-electron chi connectivity index (χ4n) is 2.82. The zero-order valence-electron chi connectivity index (χ0n) is 15.8. The van der Waals surface area contributed by atoms with E-state index in [0.717, 1.165) is 0 Å². The number of carbonyl (C=O) groups is 2. The van der Waals surface area contributed by atoms with Crippen molar-refractivity contribution in [3.8, 4) is 5.75 Å². The van der Waals surface area contributed by atoms with Crippen molar-refractivity contribution in [3.05, 3.63) is 95.6 Å². The lowest BCUT2D eigenvalue weighted by Gasteiger charge is -2.21. The van der Waals surface area contributed by atoms with Gasteiger partial charge < -0.3 is 9.64 Å². The van der Waals surface area contributed by atoms with Crippen LogP contribution in [0.25, 0.3) is 0 Å². The zero-order valence-corrected chi connectivity index (χ0v) is 15.8. The van der Waals surface area contributed by atoms with Gasteiger partial charge in [0.15, 0.2) is 12.4 Å². The van der Waals surface area contributed by atoms with Crippen LogP contribution in [-0.4, -0.2) is 24.8 Å². The van der Waals surface area contributed by atoms with Gasteiger partial charge in [-0.05, 0) is 79.7 Å². The average Bonchev–Trinajstić information content (AvgIpc) is 2.74. The van der Waals surface area contributed by atoms with Crippen LogP contribution >= 0.6 is 0 Å². The molecule has 0 N–H and O–H groups in total. The Morgan fingerprint density at radius 1 is 0.793 bits per heavy atom. The van der Waals surface area contributed by atoms with Gasteiger partial charge in [0.1, 0.15) is 17.4 Å². The Bertz CT molecular complexity index is 984. The lowest BCUT2D eigenvalue weighted by molar-refractivity contribution is -0.120. The molecule has 1 amide bonds. The monoisotopic (exact) mass is 395 g/mol.